The Morgan fingerprint density at radius 2 is 1.73 bits per heavy atom. The number of benzene rings is 2. The van der Waals surface area contributed by atoms with E-state index in [1.165, 1.54) is 43.2 Å². The number of aliphatic imine (C=N–C) groups is 1. The first-order valence-electron chi connectivity index (χ1n) is 9.63. The molecule has 136 valence electrons. The molecule has 1 fully saturated rings. The summed E-state index contributed by atoms with van der Waals surface area (Å²) in [6.45, 7) is 0.823. The molecule has 26 heavy (non-hydrogen) atoms. The smallest absolute Gasteiger partial charge is 0.123 e. The van der Waals surface area contributed by atoms with Crippen LogP contribution in [0.3, 0.4) is 0 Å². The molecular weight excluding hydrogens is 322 g/mol. The van der Waals surface area contributed by atoms with Gasteiger partial charge in [-0.05, 0) is 42.2 Å². The van der Waals surface area contributed by atoms with Crippen LogP contribution in [0.5, 0.6) is 5.75 Å². The molecule has 1 saturated carbocycles. The quantitative estimate of drug-likeness (QED) is 0.845. The summed E-state index contributed by atoms with van der Waals surface area (Å²) in [6.07, 6.45) is 6.32. The number of para-hydroxylation sites is 1. The van der Waals surface area contributed by atoms with Crippen LogP contribution >= 0.6 is 0 Å². The monoisotopic (exact) mass is 349 g/mol. The lowest BCUT2D eigenvalue weighted by Crippen LogP contribution is -2.31. The van der Waals surface area contributed by atoms with Gasteiger partial charge in [0, 0.05) is 12.2 Å². The molecule has 1 heterocycles. The number of ether oxygens (including phenoxy) is 1. The van der Waals surface area contributed by atoms with Crippen molar-refractivity contribution in [3.8, 4) is 5.75 Å². The minimum Gasteiger partial charge on any atom is -0.497 e. The molecule has 0 aromatic heterocycles. The lowest BCUT2D eigenvalue weighted by atomic mass is 9.95. The summed E-state index contributed by atoms with van der Waals surface area (Å²) in [7, 11) is 1.70. The lowest BCUT2D eigenvalue weighted by molar-refractivity contribution is 0.414. The zero-order valence-electron chi connectivity index (χ0n) is 15.4. The number of rotatable bonds is 3. The summed E-state index contributed by atoms with van der Waals surface area (Å²) in [4.78, 5) is 5.17. The number of nitrogens with one attached hydrogen (secondary N) is 2. The average molecular weight is 349 g/mol. The third-order valence-corrected chi connectivity index (χ3v) is 5.40. The fraction of sp³-hybridized carbons (Fsp3) is 0.409. The molecule has 0 spiro atoms. The minimum atomic E-state index is 0.0650. The highest BCUT2D eigenvalue weighted by Crippen LogP contribution is 2.28. The zero-order valence-corrected chi connectivity index (χ0v) is 15.4. The Bertz CT molecular complexity index is 763. The van der Waals surface area contributed by atoms with Gasteiger partial charge < -0.3 is 10.1 Å². The van der Waals surface area contributed by atoms with Crippen molar-refractivity contribution in [2.75, 3.05) is 12.4 Å². The van der Waals surface area contributed by atoms with Crippen molar-refractivity contribution in [1.82, 2.24) is 5.32 Å². The normalized spacial score (nSPS) is 22.3. The Morgan fingerprint density at radius 3 is 2.50 bits per heavy atom. The van der Waals surface area contributed by atoms with E-state index in [-0.39, 0.29) is 6.04 Å². The van der Waals surface area contributed by atoms with Crippen LogP contribution in [0, 0.1) is 0 Å². The third kappa shape index (κ3) is 3.75. The zero-order chi connectivity index (χ0) is 17.8. The maximum absolute atomic E-state index is 5.31. The van der Waals surface area contributed by atoms with E-state index >= 15 is 0 Å². The molecular formula is C22H27N3O. The molecule has 2 aromatic rings. The van der Waals surface area contributed by atoms with Gasteiger partial charge in [-0.15, -0.1) is 0 Å². The molecule has 4 rings (SSSR count). The third-order valence-electron chi connectivity index (χ3n) is 5.40. The van der Waals surface area contributed by atoms with Crippen molar-refractivity contribution in [2.24, 2.45) is 4.99 Å². The number of hydrogen-bond acceptors (Lipinski definition) is 3. The van der Waals surface area contributed by atoms with Gasteiger partial charge in [-0.3, -0.25) is 10.3 Å². The fourth-order valence-electron chi connectivity index (χ4n) is 3.90. The van der Waals surface area contributed by atoms with Crippen molar-refractivity contribution in [2.45, 2.75) is 50.7 Å². The molecule has 1 aliphatic carbocycles. The first kappa shape index (κ1) is 17.1. The Kier molecular flexibility index (Phi) is 5.21. The minimum absolute atomic E-state index is 0.0650. The predicted molar refractivity (Wildman–Crippen MR) is 107 cm³/mol. The molecule has 4 nitrogen and oxygen atoms in total. The Hall–Kier alpha value is -2.33. The summed E-state index contributed by atoms with van der Waals surface area (Å²) >= 11 is 0. The summed E-state index contributed by atoms with van der Waals surface area (Å²) in [5, 5.41) is 7.34. The largest absolute Gasteiger partial charge is 0.497 e. The molecule has 0 saturated heterocycles. The van der Waals surface area contributed by atoms with E-state index in [1.54, 1.807) is 7.11 Å². The summed E-state index contributed by atoms with van der Waals surface area (Å²) < 4.78 is 5.31. The summed E-state index contributed by atoms with van der Waals surface area (Å²) in [6, 6.07) is 17.3. The Labute approximate surface area is 155 Å². The highest BCUT2D eigenvalue weighted by molar-refractivity contribution is 6.01. The van der Waals surface area contributed by atoms with Crippen LogP contribution in [0.1, 0.15) is 49.3 Å². The molecule has 1 atom stereocenters. The second kappa shape index (κ2) is 7.92. The van der Waals surface area contributed by atoms with Crippen LogP contribution in [0.25, 0.3) is 0 Å². The molecule has 0 amide bonds. The van der Waals surface area contributed by atoms with Crippen LogP contribution in [0.15, 0.2) is 53.5 Å². The topological polar surface area (TPSA) is 45.6 Å². The standard InChI is InChI=1S/C22H27N3O/c1-26-19-13-11-16(12-14-19)21-22(24-18-8-3-2-4-9-18)25-20-10-6-5-7-17(20)15-23-21/h5-7,10-14,18,21,23H,2-4,8-9,15H2,1H3,(H,24,25). The van der Waals surface area contributed by atoms with Crippen molar-refractivity contribution >= 4 is 11.5 Å². The van der Waals surface area contributed by atoms with E-state index in [1.807, 2.05) is 12.1 Å². The van der Waals surface area contributed by atoms with E-state index in [0.717, 1.165) is 23.8 Å². The summed E-state index contributed by atoms with van der Waals surface area (Å²) in [5.74, 6) is 1.91. The van der Waals surface area contributed by atoms with Gasteiger partial charge in [0.2, 0.25) is 0 Å². The van der Waals surface area contributed by atoms with Crippen LogP contribution in [0.2, 0.25) is 0 Å². The van der Waals surface area contributed by atoms with Crippen molar-refractivity contribution in [3.05, 3.63) is 59.7 Å². The molecule has 1 aliphatic heterocycles. The van der Waals surface area contributed by atoms with Crippen LogP contribution in [-0.2, 0) is 6.54 Å². The highest BCUT2D eigenvalue weighted by atomic mass is 16.5. The maximum Gasteiger partial charge on any atom is 0.123 e. The average Bonchev–Trinajstić information content (AvgIpc) is 2.88. The maximum atomic E-state index is 5.31. The van der Waals surface area contributed by atoms with Crippen molar-refractivity contribution in [1.29, 1.82) is 0 Å². The van der Waals surface area contributed by atoms with Gasteiger partial charge >= 0.3 is 0 Å². The number of methoxy groups -OCH3 is 1. The second-order valence-electron chi connectivity index (χ2n) is 7.18. The predicted octanol–water partition coefficient (Wildman–Crippen LogP) is 4.68. The van der Waals surface area contributed by atoms with E-state index in [2.05, 4.69) is 47.0 Å². The lowest BCUT2D eigenvalue weighted by Gasteiger charge is -2.24. The van der Waals surface area contributed by atoms with Gasteiger partial charge in [-0.1, -0.05) is 49.6 Å². The molecule has 2 N–H and O–H groups in total. The van der Waals surface area contributed by atoms with Crippen LogP contribution < -0.4 is 15.4 Å². The molecule has 4 heteroatoms. The van der Waals surface area contributed by atoms with Crippen LogP contribution in [-0.4, -0.2) is 19.0 Å². The van der Waals surface area contributed by atoms with E-state index in [4.69, 9.17) is 9.73 Å². The van der Waals surface area contributed by atoms with Gasteiger partial charge in [-0.2, -0.15) is 0 Å². The highest BCUT2D eigenvalue weighted by Gasteiger charge is 2.24. The Morgan fingerprint density at radius 1 is 0.962 bits per heavy atom. The first-order chi connectivity index (χ1) is 12.8. The van der Waals surface area contributed by atoms with Gasteiger partial charge in [-0.25, -0.2) is 0 Å². The van der Waals surface area contributed by atoms with Crippen molar-refractivity contribution in [3.63, 3.8) is 0 Å². The number of amidine groups is 1. The molecule has 0 bridgehead atoms. The van der Waals surface area contributed by atoms with E-state index in [9.17, 15) is 0 Å². The van der Waals surface area contributed by atoms with Crippen molar-refractivity contribution < 1.29 is 4.74 Å². The first-order valence-corrected chi connectivity index (χ1v) is 9.63. The Balaban J connectivity index is 1.68. The fourth-order valence-corrected chi connectivity index (χ4v) is 3.90. The number of fused-ring (bicyclic) bond motifs is 1. The van der Waals surface area contributed by atoms with Crippen LogP contribution in [0.4, 0.5) is 5.69 Å². The number of nitrogens with zero attached hydrogens (tertiary/aromatic N) is 1. The van der Waals surface area contributed by atoms with E-state index in [0.29, 0.717) is 6.04 Å². The molecule has 2 aliphatic rings. The van der Waals surface area contributed by atoms with E-state index < -0.39 is 0 Å². The molecule has 0 radical (unpaired) electrons. The van der Waals surface area contributed by atoms with Gasteiger partial charge in [0.15, 0.2) is 0 Å². The van der Waals surface area contributed by atoms with Gasteiger partial charge in [0.25, 0.3) is 0 Å². The SMILES string of the molecule is COc1ccc(C2NCc3ccccc3NC2=NC2CCCCC2)cc1. The van der Waals surface area contributed by atoms with Gasteiger partial charge in [0.05, 0.1) is 19.2 Å². The van der Waals surface area contributed by atoms with Gasteiger partial charge in [0.1, 0.15) is 11.6 Å². The number of hydrogen-bond donors (Lipinski definition) is 2. The number of anilines is 1. The molecule has 1 unspecified atom stereocenters. The summed E-state index contributed by atoms with van der Waals surface area (Å²) in [5.41, 5.74) is 3.64. The molecule has 2 aromatic carbocycles. The second-order valence-corrected chi connectivity index (χ2v) is 7.18.